The number of para-hydroxylation sites is 1. The molecule has 11 heteroatoms. The van der Waals surface area contributed by atoms with Crippen LogP contribution in [0.2, 0.25) is 0 Å². The van der Waals surface area contributed by atoms with E-state index < -0.39 is 0 Å². The fourth-order valence-electron chi connectivity index (χ4n) is 4.15. The van der Waals surface area contributed by atoms with Crippen LogP contribution in [0.15, 0.2) is 48.7 Å². The predicted octanol–water partition coefficient (Wildman–Crippen LogP) is 1.08. The molecule has 2 amide bonds. The zero-order chi connectivity index (χ0) is 24.8. The molecule has 1 aromatic carbocycles. The van der Waals surface area contributed by atoms with E-state index >= 15 is 0 Å². The number of ether oxygens (including phenoxy) is 2. The van der Waals surface area contributed by atoms with E-state index in [1.807, 2.05) is 48.7 Å². The lowest BCUT2D eigenvalue weighted by atomic mass is 10.0. The van der Waals surface area contributed by atoms with E-state index in [9.17, 15) is 9.59 Å². The summed E-state index contributed by atoms with van der Waals surface area (Å²) in [6.45, 7) is 2.29. The van der Waals surface area contributed by atoms with Crippen LogP contribution in [0.3, 0.4) is 0 Å². The molecule has 0 fully saturated rings. The highest BCUT2D eigenvalue weighted by Crippen LogP contribution is 2.40. The number of carbonyl (C=O) groups excluding carboxylic acids is 2. The van der Waals surface area contributed by atoms with Crippen molar-refractivity contribution in [3.8, 4) is 0 Å². The van der Waals surface area contributed by atoms with E-state index in [4.69, 9.17) is 21.2 Å². The molecular weight excluding hydrogens is 450 g/mol. The van der Waals surface area contributed by atoms with Crippen LogP contribution in [0.5, 0.6) is 0 Å². The van der Waals surface area contributed by atoms with E-state index in [2.05, 4.69) is 10.6 Å². The van der Waals surface area contributed by atoms with Gasteiger partial charge in [0, 0.05) is 25.8 Å². The number of hydrogen-bond acceptors (Lipinski definition) is 8. The molecule has 0 unspecified atom stereocenters. The lowest BCUT2D eigenvalue weighted by Gasteiger charge is -2.28. The Labute approximate surface area is 203 Å². The molecule has 2 aliphatic heterocycles. The van der Waals surface area contributed by atoms with Crippen LogP contribution in [0.1, 0.15) is 21.7 Å². The second-order valence-corrected chi connectivity index (χ2v) is 8.11. The van der Waals surface area contributed by atoms with Gasteiger partial charge in [0.15, 0.2) is 5.78 Å². The fraction of sp³-hybridized carbons (Fsp3) is 0.333. The first kappa shape index (κ1) is 24.3. The lowest BCUT2D eigenvalue weighted by molar-refractivity contribution is 0.0717. The number of nitrogens with two attached hydrogens (primary N) is 2. The number of amides is 2. The summed E-state index contributed by atoms with van der Waals surface area (Å²) in [4.78, 5) is 27.6. The van der Waals surface area contributed by atoms with Crippen molar-refractivity contribution in [3.63, 3.8) is 0 Å². The number of aromatic nitrogens is 1. The molecule has 2 aliphatic rings. The number of dihydropyridines is 1. The van der Waals surface area contributed by atoms with Crippen molar-refractivity contribution in [2.24, 2.45) is 5.84 Å². The number of carbonyl (C=O) groups is 2. The molecule has 0 saturated heterocycles. The number of methoxy groups -OCH3 is 1. The van der Waals surface area contributed by atoms with Gasteiger partial charge in [0.1, 0.15) is 0 Å². The van der Waals surface area contributed by atoms with Crippen LogP contribution in [-0.2, 0) is 16.0 Å². The quantitative estimate of drug-likeness (QED) is 0.237. The third-order valence-corrected chi connectivity index (χ3v) is 5.85. The van der Waals surface area contributed by atoms with Gasteiger partial charge < -0.3 is 30.8 Å². The first-order chi connectivity index (χ1) is 17.0. The normalized spacial score (nSPS) is 14.9. The van der Waals surface area contributed by atoms with E-state index in [-0.39, 0.29) is 24.9 Å². The van der Waals surface area contributed by atoms with Gasteiger partial charge in [-0.3, -0.25) is 14.5 Å². The van der Waals surface area contributed by atoms with Crippen molar-refractivity contribution in [3.05, 3.63) is 65.6 Å². The van der Waals surface area contributed by atoms with Crippen LogP contribution in [0, 0.1) is 0 Å². The SMILES string of the molecule is COCCOCCNC(=O)N1CC(=O)c2c(N(N)c3ccccc3)c(C3=CCNC=C3)n(N)c2C1. The molecular formula is C24H31N7O4. The highest BCUT2D eigenvalue weighted by Gasteiger charge is 2.37. The molecule has 6 N–H and O–H groups in total. The van der Waals surface area contributed by atoms with Crippen molar-refractivity contribution in [1.82, 2.24) is 20.2 Å². The Morgan fingerprint density at radius 1 is 1.20 bits per heavy atom. The van der Waals surface area contributed by atoms with Gasteiger partial charge in [-0.1, -0.05) is 24.3 Å². The van der Waals surface area contributed by atoms with Crippen LogP contribution >= 0.6 is 0 Å². The molecule has 0 atom stereocenters. The highest BCUT2D eigenvalue weighted by molar-refractivity contribution is 6.09. The van der Waals surface area contributed by atoms with Crippen LogP contribution in [0.4, 0.5) is 16.2 Å². The van der Waals surface area contributed by atoms with Gasteiger partial charge in [0.25, 0.3) is 0 Å². The van der Waals surface area contributed by atoms with E-state index in [1.165, 1.54) is 14.6 Å². The van der Waals surface area contributed by atoms with Gasteiger partial charge in [-0.15, -0.1) is 0 Å². The molecule has 1 aromatic heterocycles. The maximum Gasteiger partial charge on any atom is 0.318 e. The summed E-state index contributed by atoms with van der Waals surface area (Å²) in [5.74, 6) is 12.9. The van der Waals surface area contributed by atoms with E-state index in [0.29, 0.717) is 61.2 Å². The first-order valence-electron chi connectivity index (χ1n) is 11.4. The molecule has 11 nitrogen and oxygen atoms in total. The predicted molar refractivity (Wildman–Crippen MR) is 133 cm³/mol. The summed E-state index contributed by atoms with van der Waals surface area (Å²) in [5.41, 5.74) is 3.62. The third kappa shape index (κ3) is 5.16. The maximum atomic E-state index is 13.4. The number of nitrogens with zero attached hydrogens (tertiary/aromatic N) is 3. The van der Waals surface area contributed by atoms with Crippen LogP contribution in [-0.4, -0.2) is 68.0 Å². The maximum absolute atomic E-state index is 13.4. The Morgan fingerprint density at radius 3 is 2.71 bits per heavy atom. The Kier molecular flexibility index (Phi) is 7.70. The second kappa shape index (κ2) is 11.1. The number of hydrogen-bond donors (Lipinski definition) is 4. The van der Waals surface area contributed by atoms with Crippen molar-refractivity contribution >= 4 is 28.8 Å². The van der Waals surface area contributed by atoms with Crippen molar-refractivity contribution in [1.29, 1.82) is 0 Å². The minimum atomic E-state index is -0.364. The van der Waals surface area contributed by atoms with E-state index in [0.717, 1.165) is 5.57 Å². The Morgan fingerprint density at radius 2 is 2.00 bits per heavy atom. The van der Waals surface area contributed by atoms with Gasteiger partial charge in [0.2, 0.25) is 0 Å². The topological polar surface area (TPSA) is 140 Å². The number of Topliss-reactive ketones (excluding diaryl/α,β-unsaturated/α-hetero) is 1. The zero-order valence-electron chi connectivity index (χ0n) is 19.7. The number of urea groups is 1. The summed E-state index contributed by atoms with van der Waals surface area (Å²) in [6.07, 6.45) is 5.68. The number of benzene rings is 1. The standard InChI is InChI=1S/C24H31N7O4/c1-34-13-14-35-12-11-28-24(33)29-15-19-21(20(32)16-29)23(30(25)18-5-3-2-4-6-18)22(31(19)26)17-7-9-27-10-8-17/h2-9,27H,10-16,25-26H2,1H3,(H,28,33). The minimum absolute atomic E-state index is 0.0844. The molecule has 0 bridgehead atoms. The largest absolute Gasteiger partial charge is 0.387 e. The highest BCUT2D eigenvalue weighted by atomic mass is 16.5. The Hall–Kier alpha value is -3.80. The first-order valence-corrected chi connectivity index (χ1v) is 11.4. The molecule has 0 saturated carbocycles. The fourth-order valence-corrected chi connectivity index (χ4v) is 4.15. The summed E-state index contributed by atoms with van der Waals surface area (Å²) in [6, 6.07) is 8.99. The molecule has 3 heterocycles. The number of rotatable bonds is 9. The average molecular weight is 482 g/mol. The van der Waals surface area contributed by atoms with Crippen molar-refractivity contribution < 1.29 is 19.1 Å². The smallest absolute Gasteiger partial charge is 0.318 e. The molecule has 0 aliphatic carbocycles. The van der Waals surface area contributed by atoms with Crippen LogP contribution < -0.4 is 27.3 Å². The van der Waals surface area contributed by atoms with Gasteiger partial charge in [0.05, 0.1) is 61.2 Å². The van der Waals surface area contributed by atoms with Crippen molar-refractivity contribution in [2.75, 3.05) is 57.4 Å². The molecule has 2 aromatic rings. The van der Waals surface area contributed by atoms with Crippen molar-refractivity contribution in [2.45, 2.75) is 6.54 Å². The number of allylic oxidation sites excluding steroid dienone is 2. The summed E-state index contributed by atoms with van der Waals surface area (Å²) >= 11 is 0. The number of anilines is 2. The summed E-state index contributed by atoms with van der Waals surface area (Å²) in [7, 11) is 1.60. The lowest BCUT2D eigenvalue weighted by Crippen LogP contribution is -2.46. The molecule has 4 rings (SSSR count). The van der Waals surface area contributed by atoms with Gasteiger partial charge in [-0.05, 0) is 24.4 Å². The number of hydrazine groups is 1. The van der Waals surface area contributed by atoms with Crippen LogP contribution in [0.25, 0.3) is 5.57 Å². The van der Waals surface area contributed by atoms with E-state index in [1.54, 1.807) is 7.11 Å². The van der Waals surface area contributed by atoms with Gasteiger partial charge in [-0.2, -0.15) is 0 Å². The Bertz CT molecular complexity index is 1130. The summed E-state index contributed by atoms with van der Waals surface area (Å²) < 4.78 is 11.8. The third-order valence-electron chi connectivity index (χ3n) is 5.85. The minimum Gasteiger partial charge on any atom is -0.387 e. The number of nitrogens with one attached hydrogen (secondary N) is 2. The molecule has 35 heavy (non-hydrogen) atoms. The average Bonchev–Trinajstić information content (AvgIpc) is 3.19. The monoisotopic (exact) mass is 481 g/mol. The Balaban J connectivity index is 1.62. The van der Waals surface area contributed by atoms with Gasteiger partial charge >= 0.3 is 6.03 Å². The second-order valence-electron chi connectivity index (χ2n) is 8.11. The zero-order valence-corrected chi connectivity index (χ0v) is 19.7. The molecule has 186 valence electrons. The summed E-state index contributed by atoms with van der Waals surface area (Å²) in [5, 5.41) is 7.39. The van der Waals surface area contributed by atoms with Gasteiger partial charge in [-0.25, -0.2) is 10.6 Å². The number of fused-ring (bicyclic) bond motifs is 1. The number of ketones is 1. The molecule has 0 radical (unpaired) electrons. The number of nitrogen functional groups attached to an aromatic ring is 1. The molecule has 0 spiro atoms.